The van der Waals surface area contributed by atoms with Crippen LogP contribution in [0, 0.1) is 5.92 Å². The maximum atomic E-state index is 4.41. The van der Waals surface area contributed by atoms with Gasteiger partial charge in [0.05, 0.1) is 5.69 Å². The molecule has 16 heavy (non-hydrogen) atoms. The Morgan fingerprint density at radius 1 is 1.50 bits per heavy atom. The summed E-state index contributed by atoms with van der Waals surface area (Å²) in [6.45, 7) is 10.9. The molecule has 0 amide bonds. The van der Waals surface area contributed by atoms with E-state index in [9.17, 15) is 0 Å². The first kappa shape index (κ1) is 11.2. The molecule has 0 bridgehead atoms. The molecule has 86 valence electrons. The van der Waals surface area contributed by atoms with Gasteiger partial charge in [0.2, 0.25) is 0 Å². The van der Waals surface area contributed by atoms with Crippen molar-refractivity contribution in [1.82, 2.24) is 9.88 Å². The summed E-state index contributed by atoms with van der Waals surface area (Å²) >= 11 is 0. The minimum Gasteiger partial charge on any atom is -0.371 e. The lowest BCUT2D eigenvalue weighted by molar-refractivity contribution is 0.356. The zero-order valence-corrected chi connectivity index (χ0v) is 10.2. The van der Waals surface area contributed by atoms with Crippen LogP contribution in [0.2, 0.25) is 0 Å². The first-order chi connectivity index (χ1) is 7.68. The summed E-state index contributed by atoms with van der Waals surface area (Å²) < 4.78 is 0. The summed E-state index contributed by atoms with van der Waals surface area (Å²) in [4.78, 5) is 6.80. The van der Waals surface area contributed by atoms with Gasteiger partial charge in [-0.15, -0.1) is 0 Å². The Morgan fingerprint density at radius 2 is 2.31 bits per heavy atom. The molecule has 1 aromatic rings. The van der Waals surface area contributed by atoms with Crippen molar-refractivity contribution in [2.75, 3.05) is 13.1 Å². The molecule has 0 atom stereocenters. The molecular weight excluding hydrogens is 196 g/mol. The summed E-state index contributed by atoms with van der Waals surface area (Å²) in [6.07, 6.45) is 4.15. The third-order valence-corrected chi connectivity index (χ3v) is 3.18. The molecule has 0 saturated carbocycles. The van der Waals surface area contributed by atoms with E-state index < -0.39 is 0 Å². The lowest BCUT2D eigenvalue weighted by Gasteiger charge is -2.32. The molecule has 1 aromatic heterocycles. The summed E-state index contributed by atoms with van der Waals surface area (Å²) in [5.41, 5.74) is 3.58. The number of nitrogens with zero attached hydrogens (tertiary/aromatic N) is 2. The predicted octanol–water partition coefficient (Wildman–Crippen LogP) is 2.96. The lowest BCUT2D eigenvalue weighted by atomic mass is 10.0. The number of pyridine rings is 1. The van der Waals surface area contributed by atoms with Gasteiger partial charge in [-0.3, -0.25) is 4.98 Å². The van der Waals surface area contributed by atoms with E-state index >= 15 is 0 Å². The number of aromatic nitrogens is 1. The molecule has 1 aliphatic rings. The van der Waals surface area contributed by atoms with Crippen LogP contribution < -0.4 is 0 Å². The summed E-state index contributed by atoms with van der Waals surface area (Å²) in [6, 6.07) is 4.13. The zero-order valence-electron chi connectivity index (χ0n) is 10.2. The highest BCUT2D eigenvalue weighted by atomic mass is 15.1. The highest BCUT2D eigenvalue weighted by Gasteiger charge is 2.19. The van der Waals surface area contributed by atoms with Gasteiger partial charge in [-0.05, 0) is 24.5 Å². The highest BCUT2D eigenvalue weighted by Crippen LogP contribution is 2.26. The van der Waals surface area contributed by atoms with Gasteiger partial charge >= 0.3 is 0 Å². The second-order valence-corrected chi connectivity index (χ2v) is 4.86. The molecule has 2 heteroatoms. The third-order valence-electron chi connectivity index (χ3n) is 3.18. The molecule has 0 N–H and O–H groups in total. The molecule has 0 unspecified atom stereocenters. The fourth-order valence-electron chi connectivity index (χ4n) is 2.11. The maximum absolute atomic E-state index is 4.41. The molecule has 0 aromatic carbocycles. The molecule has 2 heterocycles. The number of hydrogen-bond donors (Lipinski definition) is 0. The van der Waals surface area contributed by atoms with Crippen molar-refractivity contribution in [2.24, 2.45) is 5.92 Å². The Balaban J connectivity index is 2.09. The highest BCUT2D eigenvalue weighted by molar-refractivity contribution is 5.65. The van der Waals surface area contributed by atoms with E-state index in [-0.39, 0.29) is 0 Å². The Morgan fingerprint density at radius 3 is 3.06 bits per heavy atom. The standard InChI is InChI=1S/C14H20N2/c1-11(2)6-9-16-10-7-14-13(12(16)3)5-4-8-15-14/h4-5,8,11H,3,6-7,9-10H2,1-2H3. The minimum atomic E-state index is 0.753. The first-order valence-electron chi connectivity index (χ1n) is 6.06. The number of hydrogen-bond acceptors (Lipinski definition) is 2. The average molecular weight is 216 g/mol. The van der Waals surface area contributed by atoms with Crippen LogP contribution in [0.1, 0.15) is 31.5 Å². The zero-order chi connectivity index (χ0) is 11.5. The SMILES string of the molecule is C=C1c2cccnc2CCN1CCC(C)C. The van der Waals surface area contributed by atoms with Crippen molar-refractivity contribution in [3.8, 4) is 0 Å². The van der Waals surface area contributed by atoms with Crippen molar-refractivity contribution >= 4 is 5.70 Å². The van der Waals surface area contributed by atoms with Crippen molar-refractivity contribution in [3.05, 3.63) is 36.2 Å². The second-order valence-electron chi connectivity index (χ2n) is 4.86. The van der Waals surface area contributed by atoms with Crippen LogP contribution in [0.5, 0.6) is 0 Å². The Labute approximate surface area is 98.0 Å². The van der Waals surface area contributed by atoms with Crippen LogP contribution in [0.4, 0.5) is 0 Å². The van der Waals surface area contributed by atoms with E-state index in [1.165, 1.54) is 17.7 Å². The quantitative estimate of drug-likeness (QED) is 0.772. The Bertz CT molecular complexity index is 382. The van der Waals surface area contributed by atoms with Gasteiger partial charge in [0.15, 0.2) is 0 Å². The van der Waals surface area contributed by atoms with Crippen LogP contribution in [0.15, 0.2) is 24.9 Å². The third kappa shape index (κ3) is 2.26. The molecule has 0 spiro atoms. The van der Waals surface area contributed by atoms with Gasteiger partial charge in [-0.25, -0.2) is 0 Å². The molecule has 2 nitrogen and oxygen atoms in total. The predicted molar refractivity (Wildman–Crippen MR) is 68.0 cm³/mol. The largest absolute Gasteiger partial charge is 0.371 e. The van der Waals surface area contributed by atoms with E-state index in [2.05, 4.69) is 36.4 Å². The number of fused-ring (bicyclic) bond motifs is 1. The van der Waals surface area contributed by atoms with Gasteiger partial charge < -0.3 is 4.90 Å². The van der Waals surface area contributed by atoms with Crippen LogP contribution in [0.3, 0.4) is 0 Å². The van der Waals surface area contributed by atoms with Gasteiger partial charge in [-0.2, -0.15) is 0 Å². The van der Waals surface area contributed by atoms with Crippen LogP contribution in [0.25, 0.3) is 5.70 Å². The monoisotopic (exact) mass is 216 g/mol. The van der Waals surface area contributed by atoms with E-state index in [0.717, 1.165) is 31.1 Å². The summed E-state index contributed by atoms with van der Waals surface area (Å²) in [7, 11) is 0. The maximum Gasteiger partial charge on any atom is 0.0514 e. The fourth-order valence-corrected chi connectivity index (χ4v) is 2.11. The average Bonchev–Trinajstić information content (AvgIpc) is 2.28. The van der Waals surface area contributed by atoms with E-state index in [1.807, 2.05) is 12.3 Å². The Hall–Kier alpha value is -1.31. The summed E-state index contributed by atoms with van der Waals surface area (Å²) in [5, 5.41) is 0. The van der Waals surface area contributed by atoms with Crippen LogP contribution in [-0.2, 0) is 6.42 Å². The second kappa shape index (κ2) is 4.69. The Kier molecular flexibility index (Phi) is 3.28. The van der Waals surface area contributed by atoms with Crippen molar-refractivity contribution in [1.29, 1.82) is 0 Å². The molecule has 1 aliphatic heterocycles. The van der Waals surface area contributed by atoms with Crippen molar-refractivity contribution in [3.63, 3.8) is 0 Å². The topological polar surface area (TPSA) is 16.1 Å². The molecule has 0 radical (unpaired) electrons. The van der Waals surface area contributed by atoms with Crippen molar-refractivity contribution < 1.29 is 0 Å². The smallest absolute Gasteiger partial charge is 0.0514 e. The molecule has 2 rings (SSSR count). The van der Waals surface area contributed by atoms with Crippen LogP contribution in [-0.4, -0.2) is 23.0 Å². The molecule has 0 saturated heterocycles. The van der Waals surface area contributed by atoms with E-state index in [4.69, 9.17) is 0 Å². The number of rotatable bonds is 3. The van der Waals surface area contributed by atoms with Gasteiger partial charge in [-0.1, -0.05) is 20.4 Å². The normalized spacial score (nSPS) is 15.4. The van der Waals surface area contributed by atoms with Crippen molar-refractivity contribution in [2.45, 2.75) is 26.7 Å². The molecular formula is C14H20N2. The van der Waals surface area contributed by atoms with Gasteiger partial charge in [0, 0.05) is 37.0 Å². The van der Waals surface area contributed by atoms with E-state index in [1.54, 1.807) is 0 Å². The van der Waals surface area contributed by atoms with Gasteiger partial charge in [0.1, 0.15) is 0 Å². The lowest BCUT2D eigenvalue weighted by Crippen LogP contribution is -2.30. The first-order valence-corrected chi connectivity index (χ1v) is 6.06. The van der Waals surface area contributed by atoms with E-state index in [0.29, 0.717) is 0 Å². The van der Waals surface area contributed by atoms with Gasteiger partial charge in [0.25, 0.3) is 0 Å². The van der Waals surface area contributed by atoms with Crippen LogP contribution >= 0.6 is 0 Å². The summed E-state index contributed by atoms with van der Waals surface area (Å²) in [5.74, 6) is 0.753. The fraction of sp³-hybridized carbons (Fsp3) is 0.500. The molecule has 0 fully saturated rings. The minimum absolute atomic E-state index is 0.753. The molecule has 0 aliphatic carbocycles.